The second kappa shape index (κ2) is 7.81. The van der Waals surface area contributed by atoms with Crippen LogP contribution in [-0.2, 0) is 9.53 Å². The fourth-order valence-corrected chi connectivity index (χ4v) is 3.82. The zero-order valence-corrected chi connectivity index (χ0v) is 15.6. The van der Waals surface area contributed by atoms with Gasteiger partial charge in [0.25, 0.3) is 0 Å². The average molecular weight is 401 g/mol. The van der Waals surface area contributed by atoms with Gasteiger partial charge in [-0.15, -0.1) is 0 Å². The predicted molar refractivity (Wildman–Crippen MR) is 93.8 cm³/mol. The summed E-state index contributed by atoms with van der Waals surface area (Å²) in [6.45, 7) is 4.49. The van der Waals surface area contributed by atoms with Crippen LogP contribution in [0, 0.1) is 5.92 Å². The Hall–Kier alpha value is -0.860. The first kappa shape index (κ1) is 17.0. The van der Waals surface area contributed by atoms with Gasteiger partial charge in [0, 0.05) is 38.3 Å². The number of halogens is 1. The number of amides is 1. The second-order valence-electron chi connectivity index (χ2n) is 5.73. The van der Waals surface area contributed by atoms with E-state index < -0.39 is 0 Å². The predicted octanol–water partition coefficient (Wildman–Crippen LogP) is 2.04. The minimum atomic E-state index is 0.130. The summed E-state index contributed by atoms with van der Waals surface area (Å²) >= 11 is 5.07. The zero-order chi connectivity index (χ0) is 16.2. The zero-order valence-electron chi connectivity index (χ0n) is 13.2. The van der Waals surface area contributed by atoms with Crippen LogP contribution in [0.5, 0.6) is 0 Å². The lowest BCUT2D eigenvalue weighted by Crippen LogP contribution is -2.47. The fourth-order valence-electron chi connectivity index (χ4n) is 3.04. The number of ether oxygens (including phenoxy) is 1. The van der Waals surface area contributed by atoms with Crippen molar-refractivity contribution in [1.82, 2.24) is 14.9 Å². The third-order valence-corrected chi connectivity index (χ3v) is 5.47. The molecule has 0 saturated carbocycles. The minimum Gasteiger partial charge on any atom is -0.378 e. The Balaban J connectivity index is 1.61. The lowest BCUT2D eigenvalue weighted by molar-refractivity contribution is -0.140. The van der Waals surface area contributed by atoms with Crippen molar-refractivity contribution < 1.29 is 9.53 Å². The maximum Gasteiger partial charge on any atom is 0.225 e. The van der Waals surface area contributed by atoms with Crippen molar-refractivity contribution in [2.45, 2.75) is 18.0 Å². The summed E-state index contributed by atoms with van der Waals surface area (Å²) in [6.07, 6.45) is 5.53. The lowest BCUT2D eigenvalue weighted by Gasteiger charge is -2.36. The number of rotatable bonds is 3. The summed E-state index contributed by atoms with van der Waals surface area (Å²) in [7, 11) is 0. The summed E-state index contributed by atoms with van der Waals surface area (Å²) < 4.78 is 6.23. The van der Waals surface area contributed by atoms with Gasteiger partial charge in [-0.05, 0) is 35.0 Å². The molecule has 8 heteroatoms. The van der Waals surface area contributed by atoms with Gasteiger partial charge in [-0.25, -0.2) is 9.97 Å². The number of carbonyl (C=O) groups excluding carboxylic acids is 1. The van der Waals surface area contributed by atoms with Crippen molar-refractivity contribution in [3.8, 4) is 0 Å². The molecule has 0 aliphatic carbocycles. The van der Waals surface area contributed by atoms with Crippen LogP contribution in [0.2, 0.25) is 0 Å². The van der Waals surface area contributed by atoms with Crippen LogP contribution in [0.15, 0.2) is 15.8 Å². The van der Waals surface area contributed by atoms with E-state index in [0.717, 1.165) is 54.5 Å². The highest BCUT2D eigenvalue weighted by molar-refractivity contribution is 9.10. The molecule has 0 unspecified atom stereocenters. The van der Waals surface area contributed by atoms with Gasteiger partial charge in [0.1, 0.15) is 5.82 Å². The number of nitrogens with zero attached hydrogens (tertiary/aromatic N) is 4. The molecule has 0 atom stereocenters. The van der Waals surface area contributed by atoms with Crippen molar-refractivity contribution in [2.24, 2.45) is 5.92 Å². The molecular formula is C15H21BrN4O2S. The van der Waals surface area contributed by atoms with E-state index in [-0.39, 0.29) is 5.92 Å². The van der Waals surface area contributed by atoms with Gasteiger partial charge in [-0.3, -0.25) is 4.79 Å². The largest absolute Gasteiger partial charge is 0.378 e. The Bertz CT molecular complexity index is 560. The average Bonchev–Trinajstić information content (AvgIpc) is 2.62. The van der Waals surface area contributed by atoms with Crippen LogP contribution in [0.1, 0.15) is 12.8 Å². The number of hydrogen-bond acceptors (Lipinski definition) is 6. The SMILES string of the molecule is CSc1ncc(Br)c(N2CCC(C(=O)N3CCOCC3)CC2)n1. The Kier molecular flexibility index (Phi) is 5.76. The van der Waals surface area contributed by atoms with E-state index >= 15 is 0 Å². The van der Waals surface area contributed by atoms with Gasteiger partial charge >= 0.3 is 0 Å². The Morgan fingerprint density at radius 3 is 2.65 bits per heavy atom. The molecule has 6 nitrogen and oxygen atoms in total. The highest BCUT2D eigenvalue weighted by atomic mass is 79.9. The van der Waals surface area contributed by atoms with Crippen LogP contribution in [-0.4, -0.2) is 66.4 Å². The summed E-state index contributed by atoms with van der Waals surface area (Å²) in [4.78, 5) is 25.6. The first-order chi connectivity index (χ1) is 11.2. The Morgan fingerprint density at radius 1 is 1.30 bits per heavy atom. The van der Waals surface area contributed by atoms with E-state index in [2.05, 4.69) is 30.8 Å². The number of piperidine rings is 1. The van der Waals surface area contributed by atoms with Crippen molar-refractivity contribution in [3.05, 3.63) is 10.7 Å². The highest BCUT2D eigenvalue weighted by Crippen LogP contribution is 2.29. The van der Waals surface area contributed by atoms with Gasteiger partial charge in [0.2, 0.25) is 5.91 Å². The van der Waals surface area contributed by atoms with Crippen LogP contribution in [0.4, 0.5) is 5.82 Å². The van der Waals surface area contributed by atoms with Crippen molar-refractivity contribution in [2.75, 3.05) is 50.5 Å². The number of anilines is 1. The maximum absolute atomic E-state index is 12.6. The minimum absolute atomic E-state index is 0.130. The van der Waals surface area contributed by atoms with Crippen LogP contribution in [0.3, 0.4) is 0 Å². The number of thioether (sulfide) groups is 1. The number of morpholine rings is 1. The van der Waals surface area contributed by atoms with E-state index in [1.165, 1.54) is 11.8 Å². The Morgan fingerprint density at radius 2 is 2.00 bits per heavy atom. The summed E-state index contributed by atoms with van der Waals surface area (Å²) in [5.74, 6) is 1.35. The first-order valence-corrected chi connectivity index (χ1v) is 9.89. The highest BCUT2D eigenvalue weighted by Gasteiger charge is 2.30. The van der Waals surface area contributed by atoms with Crippen LogP contribution < -0.4 is 4.90 Å². The van der Waals surface area contributed by atoms with E-state index in [1.54, 1.807) is 6.20 Å². The molecule has 0 aromatic carbocycles. The quantitative estimate of drug-likeness (QED) is 0.571. The molecule has 126 valence electrons. The molecule has 2 aliphatic heterocycles. The maximum atomic E-state index is 12.6. The molecule has 0 bridgehead atoms. The smallest absolute Gasteiger partial charge is 0.225 e. The van der Waals surface area contributed by atoms with Gasteiger partial charge in [0.15, 0.2) is 5.16 Å². The summed E-state index contributed by atoms with van der Waals surface area (Å²) in [5, 5.41) is 0.773. The molecule has 2 saturated heterocycles. The molecule has 0 N–H and O–H groups in total. The van der Waals surface area contributed by atoms with Gasteiger partial charge < -0.3 is 14.5 Å². The van der Waals surface area contributed by atoms with Crippen LogP contribution >= 0.6 is 27.7 Å². The Labute approximate surface area is 149 Å². The standard InChI is InChI=1S/C15H21BrN4O2S/c1-23-15-17-10-12(16)13(18-15)19-4-2-11(3-5-19)14(21)20-6-8-22-9-7-20/h10-11H,2-9H2,1H3. The number of hydrogen-bond donors (Lipinski definition) is 0. The fraction of sp³-hybridized carbons (Fsp3) is 0.667. The molecule has 0 spiro atoms. The van der Waals surface area contributed by atoms with Crippen LogP contribution in [0.25, 0.3) is 0 Å². The van der Waals surface area contributed by atoms with Crippen molar-refractivity contribution in [1.29, 1.82) is 0 Å². The van der Waals surface area contributed by atoms with Crippen molar-refractivity contribution >= 4 is 39.4 Å². The third-order valence-electron chi connectivity index (χ3n) is 4.35. The molecule has 1 aromatic rings. The summed E-state index contributed by atoms with van der Waals surface area (Å²) in [6, 6.07) is 0. The normalized spacial score (nSPS) is 19.9. The van der Waals surface area contributed by atoms with E-state index in [1.807, 2.05) is 11.2 Å². The van der Waals surface area contributed by atoms with Gasteiger partial charge in [-0.2, -0.15) is 0 Å². The molecule has 2 aliphatic rings. The van der Waals surface area contributed by atoms with Gasteiger partial charge in [0.05, 0.1) is 17.7 Å². The number of carbonyl (C=O) groups is 1. The van der Waals surface area contributed by atoms with E-state index in [9.17, 15) is 4.79 Å². The topological polar surface area (TPSA) is 58.6 Å². The molecule has 23 heavy (non-hydrogen) atoms. The molecule has 3 rings (SSSR count). The van der Waals surface area contributed by atoms with Gasteiger partial charge in [-0.1, -0.05) is 11.8 Å². The first-order valence-electron chi connectivity index (χ1n) is 7.87. The molecule has 0 radical (unpaired) electrons. The molecule has 1 aromatic heterocycles. The number of aromatic nitrogens is 2. The second-order valence-corrected chi connectivity index (χ2v) is 7.35. The van der Waals surface area contributed by atoms with E-state index in [4.69, 9.17) is 4.74 Å². The molecular weight excluding hydrogens is 380 g/mol. The molecule has 2 fully saturated rings. The third kappa shape index (κ3) is 3.97. The summed E-state index contributed by atoms with van der Waals surface area (Å²) in [5.41, 5.74) is 0. The molecule has 3 heterocycles. The van der Waals surface area contributed by atoms with E-state index in [0.29, 0.717) is 19.1 Å². The van der Waals surface area contributed by atoms with Crippen molar-refractivity contribution in [3.63, 3.8) is 0 Å². The lowest BCUT2D eigenvalue weighted by atomic mass is 9.95. The molecule has 1 amide bonds. The monoisotopic (exact) mass is 400 g/mol.